The minimum atomic E-state index is -0.149. The van der Waals surface area contributed by atoms with Crippen LogP contribution < -0.4 is 0 Å². The van der Waals surface area contributed by atoms with Crippen molar-refractivity contribution in [3.8, 4) is 0 Å². The molecule has 0 bridgehead atoms. The van der Waals surface area contributed by atoms with E-state index in [9.17, 15) is 5.11 Å². The van der Waals surface area contributed by atoms with Crippen LogP contribution in [0.4, 0.5) is 0 Å². The molecule has 1 N–H and O–H groups in total. The van der Waals surface area contributed by atoms with Crippen molar-refractivity contribution in [2.75, 3.05) is 13.1 Å². The highest BCUT2D eigenvalue weighted by Crippen LogP contribution is 2.26. The predicted molar refractivity (Wildman–Crippen MR) is 71.3 cm³/mol. The molecule has 0 amide bonds. The largest absolute Gasteiger partial charge is 0.392 e. The van der Waals surface area contributed by atoms with Crippen LogP contribution in [0.1, 0.15) is 44.3 Å². The van der Waals surface area contributed by atoms with Gasteiger partial charge < -0.3 is 5.11 Å². The van der Waals surface area contributed by atoms with Crippen molar-refractivity contribution in [1.82, 2.24) is 9.88 Å². The molecule has 2 rings (SSSR count). The zero-order chi connectivity index (χ0) is 12.5. The Balaban J connectivity index is 1.97. The van der Waals surface area contributed by atoms with Gasteiger partial charge in [0.15, 0.2) is 0 Å². The molecule has 1 aromatic heterocycles. The average Bonchev–Trinajstić information content (AvgIpc) is 2.65. The number of aliphatic hydroxyl groups is 1. The number of likely N-dealkylation sites (tertiary alicyclic amines) is 1. The minimum absolute atomic E-state index is 0.143. The van der Waals surface area contributed by atoms with Crippen molar-refractivity contribution in [3.05, 3.63) is 16.1 Å². The second-order valence-corrected chi connectivity index (χ2v) is 6.78. The summed E-state index contributed by atoms with van der Waals surface area (Å²) in [5, 5.41) is 13.0. The molecule has 0 aromatic carbocycles. The van der Waals surface area contributed by atoms with E-state index in [1.807, 2.05) is 0 Å². The summed E-state index contributed by atoms with van der Waals surface area (Å²) in [6.07, 6.45) is 1.89. The number of nitrogens with zero attached hydrogens (tertiary/aromatic N) is 2. The molecule has 1 fully saturated rings. The van der Waals surface area contributed by atoms with Crippen LogP contribution >= 0.6 is 11.3 Å². The van der Waals surface area contributed by atoms with Crippen LogP contribution in [0.15, 0.2) is 5.38 Å². The summed E-state index contributed by atoms with van der Waals surface area (Å²) in [5.74, 6) is 0. The van der Waals surface area contributed by atoms with E-state index >= 15 is 0 Å². The number of aromatic nitrogens is 1. The van der Waals surface area contributed by atoms with Crippen LogP contribution in [-0.4, -0.2) is 34.2 Å². The summed E-state index contributed by atoms with van der Waals surface area (Å²) in [4.78, 5) is 7.00. The molecule has 0 saturated carbocycles. The Labute approximate surface area is 107 Å². The Morgan fingerprint density at radius 3 is 2.88 bits per heavy atom. The van der Waals surface area contributed by atoms with E-state index in [0.717, 1.165) is 38.2 Å². The SMILES string of the molecule is CC(C)(C)c1nc(CN2CCCC(O)C2)cs1. The molecule has 0 aliphatic carbocycles. The maximum absolute atomic E-state index is 9.63. The molecule has 4 heteroatoms. The number of thiazole rings is 1. The molecule has 96 valence electrons. The Bertz CT molecular complexity index is 370. The molecule has 2 heterocycles. The number of hydrogen-bond acceptors (Lipinski definition) is 4. The fourth-order valence-corrected chi connectivity index (χ4v) is 3.03. The van der Waals surface area contributed by atoms with E-state index in [2.05, 4.69) is 31.1 Å². The summed E-state index contributed by atoms with van der Waals surface area (Å²) in [5.41, 5.74) is 1.29. The fourth-order valence-electron chi connectivity index (χ4n) is 2.13. The summed E-state index contributed by atoms with van der Waals surface area (Å²) in [7, 11) is 0. The summed E-state index contributed by atoms with van der Waals surface area (Å²) in [6.45, 7) is 9.34. The quantitative estimate of drug-likeness (QED) is 0.880. The highest BCUT2D eigenvalue weighted by atomic mass is 32.1. The molecule has 1 unspecified atom stereocenters. The van der Waals surface area contributed by atoms with Gasteiger partial charge in [0.1, 0.15) is 0 Å². The highest BCUT2D eigenvalue weighted by molar-refractivity contribution is 7.09. The lowest BCUT2D eigenvalue weighted by molar-refractivity contribution is 0.0662. The third-order valence-corrected chi connectivity index (χ3v) is 4.38. The molecule has 0 radical (unpaired) electrons. The Morgan fingerprint density at radius 2 is 2.29 bits per heavy atom. The third-order valence-electron chi connectivity index (χ3n) is 3.06. The van der Waals surface area contributed by atoms with Gasteiger partial charge in [-0.15, -0.1) is 11.3 Å². The van der Waals surface area contributed by atoms with Gasteiger partial charge in [-0.05, 0) is 19.4 Å². The molecular weight excluding hydrogens is 232 g/mol. The second-order valence-electron chi connectivity index (χ2n) is 5.93. The summed E-state index contributed by atoms with van der Waals surface area (Å²) in [6, 6.07) is 0. The van der Waals surface area contributed by atoms with Crippen molar-refractivity contribution in [2.24, 2.45) is 0 Å². The Hall–Kier alpha value is -0.450. The summed E-state index contributed by atoms with van der Waals surface area (Å²) >= 11 is 1.75. The van der Waals surface area contributed by atoms with E-state index in [-0.39, 0.29) is 11.5 Å². The Morgan fingerprint density at radius 1 is 1.53 bits per heavy atom. The number of piperidine rings is 1. The lowest BCUT2D eigenvalue weighted by atomic mass is 9.98. The van der Waals surface area contributed by atoms with Gasteiger partial charge in [-0.1, -0.05) is 20.8 Å². The highest BCUT2D eigenvalue weighted by Gasteiger charge is 2.21. The van der Waals surface area contributed by atoms with Crippen molar-refractivity contribution in [3.63, 3.8) is 0 Å². The predicted octanol–water partition coefficient (Wildman–Crippen LogP) is 2.40. The van der Waals surface area contributed by atoms with Gasteiger partial charge in [0.2, 0.25) is 0 Å². The summed E-state index contributed by atoms with van der Waals surface area (Å²) < 4.78 is 0. The molecule has 1 aliphatic heterocycles. The van der Waals surface area contributed by atoms with Crippen molar-refractivity contribution in [1.29, 1.82) is 0 Å². The smallest absolute Gasteiger partial charge is 0.0982 e. The van der Waals surface area contributed by atoms with Crippen LogP contribution in [0.2, 0.25) is 0 Å². The van der Waals surface area contributed by atoms with E-state index < -0.39 is 0 Å². The van der Waals surface area contributed by atoms with E-state index in [1.165, 1.54) is 5.01 Å². The number of aliphatic hydroxyl groups excluding tert-OH is 1. The molecule has 1 saturated heterocycles. The number of β-amino-alcohol motifs (C(OH)–C–C–N with tert-alkyl or cyclic N) is 1. The molecule has 1 aliphatic rings. The topological polar surface area (TPSA) is 36.4 Å². The zero-order valence-corrected chi connectivity index (χ0v) is 11.8. The standard InChI is InChI=1S/C13H22N2OS/c1-13(2,3)12-14-10(9-17-12)7-15-6-4-5-11(16)8-15/h9,11,16H,4-8H2,1-3H3. The van der Waals surface area contributed by atoms with E-state index in [0.29, 0.717) is 0 Å². The maximum Gasteiger partial charge on any atom is 0.0982 e. The fraction of sp³-hybridized carbons (Fsp3) is 0.769. The van der Waals surface area contributed by atoms with Gasteiger partial charge in [-0.25, -0.2) is 4.98 Å². The lowest BCUT2D eigenvalue weighted by Gasteiger charge is -2.29. The first kappa shape index (κ1) is 13.0. The average molecular weight is 254 g/mol. The van der Waals surface area contributed by atoms with Gasteiger partial charge in [0, 0.05) is 23.9 Å². The van der Waals surface area contributed by atoms with E-state index in [4.69, 9.17) is 4.98 Å². The van der Waals surface area contributed by atoms with Crippen molar-refractivity contribution < 1.29 is 5.11 Å². The van der Waals surface area contributed by atoms with Crippen LogP contribution in [0.25, 0.3) is 0 Å². The van der Waals surface area contributed by atoms with Gasteiger partial charge in [0.05, 0.1) is 16.8 Å². The maximum atomic E-state index is 9.63. The molecule has 3 nitrogen and oxygen atoms in total. The molecular formula is C13H22N2OS. The van der Waals surface area contributed by atoms with Crippen molar-refractivity contribution in [2.45, 2.75) is 51.7 Å². The second kappa shape index (κ2) is 5.04. The van der Waals surface area contributed by atoms with Crippen LogP contribution in [-0.2, 0) is 12.0 Å². The third kappa shape index (κ3) is 3.50. The lowest BCUT2D eigenvalue weighted by Crippen LogP contribution is -2.37. The number of hydrogen-bond donors (Lipinski definition) is 1. The first-order valence-corrected chi connectivity index (χ1v) is 7.18. The number of rotatable bonds is 2. The van der Waals surface area contributed by atoms with Crippen molar-refractivity contribution >= 4 is 11.3 Å². The monoisotopic (exact) mass is 254 g/mol. The molecule has 17 heavy (non-hydrogen) atoms. The minimum Gasteiger partial charge on any atom is -0.392 e. The molecule has 1 atom stereocenters. The van der Waals surface area contributed by atoms with Gasteiger partial charge in [-0.3, -0.25) is 4.90 Å². The Kier molecular flexibility index (Phi) is 3.85. The first-order chi connectivity index (χ1) is 7.95. The van der Waals surface area contributed by atoms with E-state index in [1.54, 1.807) is 11.3 Å². The normalized spacial score (nSPS) is 22.9. The molecule has 1 aromatic rings. The van der Waals surface area contributed by atoms with Crippen LogP contribution in [0, 0.1) is 0 Å². The first-order valence-electron chi connectivity index (χ1n) is 6.30. The van der Waals surface area contributed by atoms with Gasteiger partial charge in [-0.2, -0.15) is 0 Å². The van der Waals surface area contributed by atoms with Gasteiger partial charge >= 0.3 is 0 Å². The zero-order valence-electron chi connectivity index (χ0n) is 10.9. The molecule has 0 spiro atoms. The van der Waals surface area contributed by atoms with Crippen LogP contribution in [0.3, 0.4) is 0 Å². The van der Waals surface area contributed by atoms with Crippen LogP contribution in [0.5, 0.6) is 0 Å². The van der Waals surface area contributed by atoms with Gasteiger partial charge in [0.25, 0.3) is 0 Å².